The van der Waals surface area contributed by atoms with E-state index in [1.165, 1.54) is 11.1 Å². The number of β-amino-alcohol motifs (C(OH)–C–C–N with tert-alkyl or cyclic N) is 1. The lowest BCUT2D eigenvalue weighted by molar-refractivity contribution is -0.127. The van der Waals surface area contributed by atoms with E-state index in [1.807, 2.05) is 19.1 Å². The number of carbonyl (C=O) groups is 1. The third kappa shape index (κ3) is 2.70. The Labute approximate surface area is 125 Å². The van der Waals surface area contributed by atoms with E-state index < -0.39 is 5.41 Å². The number of rotatable bonds is 3. The van der Waals surface area contributed by atoms with Gasteiger partial charge in [0.25, 0.3) is 0 Å². The Balaban J connectivity index is 1.72. The molecule has 0 aromatic heterocycles. The Bertz CT molecular complexity index is 531. The van der Waals surface area contributed by atoms with Gasteiger partial charge in [0.1, 0.15) is 0 Å². The number of fused-ring (bicyclic) bond motifs is 1. The topological polar surface area (TPSA) is 61.4 Å². The van der Waals surface area contributed by atoms with Gasteiger partial charge >= 0.3 is 0 Å². The normalized spacial score (nSPS) is 31.7. The standard InChI is InChI=1S/C17H24N2O2/c1-17(8-4-6-12-5-2-3-7-14(12)17)16(21)19-10-13-9-18-11-15(13)20/h2-3,5,7,13,15,18,20H,4,6,8-11H2,1H3,(H,19,21). The van der Waals surface area contributed by atoms with Crippen molar-refractivity contribution in [3.63, 3.8) is 0 Å². The molecule has 3 rings (SSSR count). The molecule has 1 heterocycles. The fraction of sp³-hybridized carbons (Fsp3) is 0.588. The van der Waals surface area contributed by atoms with Crippen LogP contribution in [0.4, 0.5) is 0 Å². The number of hydrogen-bond donors (Lipinski definition) is 3. The molecule has 1 fully saturated rings. The van der Waals surface area contributed by atoms with Crippen LogP contribution in [0.15, 0.2) is 24.3 Å². The van der Waals surface area contributed by atoms with Crippen LogP contribution in [-0.2, 0) is 16.6 Å². The van der Waals surface area contributed by atoms with Gasteiger partial charge in [-0.1, -0.05) is 24.3 Å². The molecule has 4 nitrogen and oxygen atoms in total. The highest BCUT2D eigenvalue weighted by atomic mass is 16.3. The van der Waals surface area contributed by atoms with Gasteiger partial charge in [0.15, 0.2) is 0 Å². The highest BCUT2D eigenvalue weighted by Crippen LogP contribution is 2.37. The molecule has 0 bridgehead atoms. The smallest absolute Gasteiger partial charge is 0.230 e. The van der Waals surface area contributed by atoms with E-state index in [0.29, 0.717) is 13.1 Å². The number of amides is 1. The summed E-state index contributed by atoms with van der Waals surface area (Å²) in [5.41, 5.74) is 2.02. The molecule has 1 aromatic carbocycles. The lowest BCUT2D eigenvalue weighted by atomic mass is 9.70. The summed E-state index contributed by atoms with van der Waals surface area (Å²) in [5, 5.41) is 16.0. The summed E-state index contributed by atoms with van der Waals surface area (Å²) in [7, 11) is 0. The number of hydrogen-bond acceptors (Lipinski definition) is 3. The molecular weight excluding hydrogens is 264 g/mol. The lowest BCUT2D eigenvalue weighted by Gasteiger charge is -2.35. The van der Waals surface area contributed by atoms with Gasteiger partial charge in [-0.3, -0.25) is 4.79 Å². The molecule has 0 saturated carbocycles. The summed E-state index contributed by atoms with van der Waals surface area (Å²) in [6.45, 7) is 3.99. The maximum Gasteiger partial charge on any atom is 0.230 e. The van der Waals surface area contributed by atoms with E-state index >= 15 is 0 Å². The van der Waals surface area contributed by atoms with Crippen molar-refractivity contribution in [3.8, 4) is 0 Å². The van der Waals surface area contributed by atoms with Crippen molar-refractivity contribution in [1.29, 1.82) is 0 Å². The molecule has 1 aromatic rings. The monoisotopic (exact) mass is 288 g/mol. The van der Waals surface area contributed by atoms with Crippen molar-refractivity contribution in [2.24, 2.45) is 5.92 Å². The van der Waals surface area contributed by atoms with Crippen LogP contribution in [0.3, 0.4) is 0 Å². The van der Waals surface area contributed by atoms with E-state index in [2.05, 4.69) is 22.8 Å². The molecule has 114 valence electrons. The van der Waals surface area contributed by atoms with Crippen molar-refractivity contribution >= 4 is 5.91 Å². The maximum absolute atomic E-state index is 12.7. The van der Waals surface area contributed by atoms with Crippen LogP contribution in [0.1, 0.15) is 30.9 Å². The lowest BCUT2D eigenvalue weighted by Crippen LogP contribution is -2.46. The molecule has 0 radical (unpaired) electrons. The first-order valence-corrected chi connectivity index (χ1v) is 7.87. The fourth-order valence-electron chi connectivity index (χ4n) is 3.63. The number of aryl methyl sites for hydroxylation is 1. The van der Waals surface area contributed by atoms with Crippen LogP contribution in [0, 0.1) is 5.92 Å². The Kier molecular flexibility index (Phi) is 4.00. The third-order valence-electron chi connectivity index (χ3n) is 5.06. The predicted molar refractivity (Wildman–Crippen MR) is 82.1 cm³/mol. The molecule has 1 saturated heterocycles. The Morgan fingerprint density at radius 1 is 1.43 bits per heavy atom. The highest BCUT2D eigenvalue weighted by Gasteiger charge is 2.39. The zero-order valence-electron chi connectivity index (χ0n) is 12.6. The molecule has 1 aliphatic carbocycles. The molecular formula is C17H24N2O2. The van der Waals surface area contributed by atoms with Crippen molar-refractivity contribution in [2.75, 3.05) is 19.6 Å². The van der Waals surface area contributed by atoms with Crippen molar-refractivity contribution < 1.29 is 9.90 Å². The average Bonchev–Trinajstić information content (AvgIpc) is 2.90. The maximum atomic E-state index is 12.7. The summed E-state index contributed by atoms with van der Waals surface area (Å²) in [4.78, 5) is 12.7. The Morgan fingerprint density at radius 2 is 2.24 bits per heavy atom. The fourth-order valence-corrected chi connectivity index (χ4v) is 3.63. The van der Waals surface area contributed by atoms with Crippen LogP contribution < -0.4 is 10.6 Å². The summed E-state index contributed by atoms with van der Waals surface area (Å²) >= 11 is 0. The van der Waals surface area contributed by atoms with E-state index in [1.54, 1.807) is 0 Å². The van der Waals surface area contributed by atoms with Gasteiger partial charge in [0.05, 0.1) is 11.5 Å². The summed E-state index contributed by atoms with van der Waals surface area (Å²) in [6, 6.07) is 8.27. The van der Waals surface area contributed by atoms with E-state index in [0.717, 1.165) is 25.8 Å². The predicted octanol–water partition coefficient (Wildman–Crippen LogP) is 0.977. The molecule has 1 amide bonds. The second-order valence-electron chi connectivity index (χ2n) is 6.54. The highest BCUT2D eigenvalue weighted by molar-refractivity contribution is 5.88. The van der Waals surface area contributed by atoms with Crippen molar-refractivity contribution in [1.82, 2.24) is 10.6 Å². The number of carbonyl (C=O) groups excluding carboxylic acids is 1. The summed E-state index contributed by atoms with van der Waals surface area (Å²) < 4.78 is 0. The first-order chi connectivity index (χ1) is 10.1. The van der Waals surface area contributed by atoms with Gasteiger partial charge in [0.2, 0.25) is 5.91 Å². The third-order valence-corrected chi connectivity index (χ3v) is 5.06. The zero-order valence-corrected chi connectivity index (χ0v) is 12.6. The molecule has 3 atom stereocenters. The van der Waals surface area contributed by atoms with Crippen LogP contribution >= 0.6 is 0 Å². The minimum atomic E-state index is -0.439. The van der Waals surface area contributed by atoms with Gasteiger partial charge in [-0.15, -0.1) is 0 Å². The number of nitrogens with one attached hydrogen (secondary N) is 2. The van der Waals surface area contributed by atoms with E-state index in [9.17, 15) is 9.90 Å². The van der Waals surface area contributed by atoms with Crippen LogP contribution in [0.25, 0.3) is 0 Å². The molecule has 21 heavy (non-hydrogen) atoms. The number of aliphatic hydroxyl groups excluding tert-OH is 1. The molecule has 3 N–H and O–H groups in total. The van der Waals surface area contributed by atoms with Crippen molar-refractivity contribution in [2.45, 2.75) is 37.7 Å². The number of aliphatic hydroxyl groups is 1. The minimum Gasteiger partial charge on any atom is -0.391 e. The zero-order chi connectivity index (χ0) is 14.9. The van der Waals surface area contributed by atoms with Gasteiger partial charge in [0, 0.05) is 25.6 Å². The Morgan fingerprint density at radius 3 is 3.00 bits per heavy atom. The second-order valence-corrected chi connectivity index (χ2v) is 6.54. The van der Waals surface area contributed by atoms with E-state index in [-0.39, 0.29) is 17.9 Å². The molecule has 2 aliphatic rings. The average molecular weight is 288 g/mol. The number of benzene rings is 1. The molecule has 1 aliphatic heterocycles. The molecule has 4 heteroatoms. The van der Waals surface area contributed by atoms with Gasteiger partial charge in [-0.2, -0.15) is 0 Å². The SMILES string of the molecule is CC1(C(=O)NCC2CNCC2O)CCCc2ccccc21. The Hall–Kier alpha value is -1.39. The minimum absolute atomic E-state index is 0.0914. The quantitative estimate of drug-likeness (QED) is 0.777. The van der Waals surface area contributed by atoms with Gasteiger partial charge in [-0.05, 0) is 37.3 Å². The van der Waals surface area contributed by atoms with Crippen LogP contribution in [-0.4, -0.2) is 36.8 Å². The first-order valence-electron chi connectivity index (χ1n) is 7.87. The molecule has 0 spiro atoms. The first kappa shape index (κ1) is 14.5. The molecule has 3 unspecified atom stereocenters. The van der Waals surface area contributed by atoms with Crippen molar-refractivity contribution in [3.05, 3.63) is 35.4 Å². The largest absolute Gasteiger partial charge is 0.391 e. The van der Waals surface area contributed by atoms with Crippen LogP contribution in [0.5, 0.6) is 0 Å². The second kappa shape index (κ2) is 5.78. The van der Waals surface area contributed by atoms with Gasteiger partial charge in [-0.25, -0.2) is 0 Å². The summed E-state index contributed by atoms with van der Waals surface area (Å²) in [6.07, 6.45) is 2.65. The van der Waals surface area contributed by atoms with E-state index in [4.69, 9.17) is 0 Å². The van der Waals surface area contributed by atoms with Gasteiger partial charge < -0.3 is 15.7 Å². The summed E-state index contributed by atoms with van der Waals surface area (Å²) in [5.74, 6) is 0.213. The van der Waals surface area contributed by atoms with Crippen LogP contribution in [0.2, 0.25) is 0 Å².